The molecule has 0 saturated carbocycles. The lowest BCUT2D eigenvalue weighted by atomic mass is 9.82. The summed E-state index contributed by atoms with van der Waals surface area (Å²) in [6, 6.07) is 7.76. The third-order valence-electron chi connectivity index (χ3n) is 5.36. The highest BCUT2D eigenvalue weighted by molar-refractivity contribution is 5.94. The van der Waals surface area contributed by atoms with E-state index in [4.69, 9.17) is 9.47 Å². The van der Waals surface area contributed by atoms with Crippen LogP contribution in [-0.4, -0.2) is 54.6 Å². The Labute approximate surface area is 203 Å². The molecule has 0 amide bonds. The highest BCUT2D eigenvalue weighted by Crippen LogP contribution is 2.43. The zero-order chi connectivity index (χ0) is 25.7. The predicted octanol–water partition coefficient (Wildman–Crippen LogP) is 3.92. The van der Waals surface area contributed by atoms with Crippen LogP contribution in [0.3, 0.4) is 0 Å². The standard InChI is InChI=1S/C24H30N6O5/c1-7-34-23(32)19-18(15-9-11-16(12-10-15)30(5)6)17-13(3)26-28-21(17)25-22(19)29-27-20(14(4)31)24(33)35-8-2/h9-12,18,31H,7-8H2,1-6H3,(H2,25,26,28). The summed E-state index contributed by atoms with van der Waals surface area (Å²) in [5, 5.41) is 28.2. The Balaban J connectivity index is 2.20. The number of aryl methyl sites for hydroxylation is 1. The van der Waals surface area contributed by atoms with Crippen molar-refractivity contribution in [3.8, 4) is 0 Å². The Morgan fingerprint density at radius 1 is 1.14 bits per heavy atom. The number of nitrogens with one attached hydrogen (secondary N) is 2. The molecule has 1 atom stereocenters. The Morgan fingerprint density at radius 3 is 2.37 bits per heavy atom. The summed E-state index contributed by atoms with van der Waals surface area (Å²) in [6.07, 6.45) is 0. The van der Waals surface area contributed by atoms with E-state index in [9.17, 15) is 14.7 Å². The average molecular weight is 483 g/mol. The normalized spacial score (nSPS) is 15.9. The number of nitrogens with zero attached hydrogens (tertiary/aromatic N) is 4. The first-order valence-corrected chi connectivity index (χ1v) is 11.2. The number of azo groups is 1. The maximum absolute atomic E-state index is 13.2. The van der Waals surface area contributed by atoms with Crippen LogP contribution < -0.4 is 10.2 Å². The smallest absolute Gasteiger partial charge is 0.362 e. The molecule has 11 nitrogen and oxygen atoms in total. The minimum atomic E-state index is -0.836. The van der Waals surface area contributed by atoms with E-state index >= 15 is 0 Å². The molecule has 1 aliphatic heterocycles. The number of aliphatic hydroxyl groups excluding tert-OH is 1. The molecular formula is C24H30N6O5. The first-order chi connectivity index (χ1) is 16.7. The van der Waals surface area contributed by atoms with Gasteiger partial charge in [0.25, 0.3) is 0 Å². The summed E-state index contributed by atoms with van der Waals surface area (Å²) in [5.41, 5.74) is 3.17. The molecule has 0 aliphatic carbocycles. The molecule has 0 radical (unpaired) electrons. The topological polar surface area (TPSA) is 142 Å². The SMILES string of the molecule is CCOC(=O)C(N=NC1=C(C(=O)OCC)C(c2ccc(N(C)C)cc2)c2c(n[nH]c2C)N1)=C(C)O. The highest BCUT2D eigenvalue weighted by atomic mass is 16.5. The van der Waals surface area contributed by atoms with Crippen LogP contribution in [0.5, 0.6) is 0 Å². The van der Waals surface area contributed by atoms with Crippen molar-refractivity contribution in [2.24, 2.45) is 10.2 Å². The van der Waals surface area contributed by atoms with Crippen LogP contribution in [0.2, 0.25) is 0 Å². The van der Waals surface area contributed by atoms with Crippen molar-refractivity contribution in [3.63, 3.8) is 0 Å². The number of carbonyl (C=O) groups excluding carboxylic acids is 2. The van der Waals surface area contributed by atoms with Gasteiger partial charge in [0, 0.05) is 31.0 Å². The van der Waals surface area contributed by atoms with Gasteiger partial charge in [-0.05, 0) is 45.4 Å². The molecule has 0 fully saturated rings. The number of fused-ring (bicyclic) bond motifs is 1. The molecule has 2 heterocycles. The molecule has 186 valence electrons. The van der Waals surface area contributed by atoms with Gasteiger partial charge in [-0.15, -0.1) is 10.2 Å². The lowest BCUT2D eigenvalue weighted by Crippen LogP contribution is -2.25. The first-order valence-electron chi connectivity index (χ1n) is 11.2. The van der Waals surface area contributed by atoms with Crippen molar-refractivity contribution >= 4 is 23.4 Å². The van der Waals surface area contributed by atoms with Gasteiger partial charge in [-0.2, -0.15) is 5.10 Å². The van der Waals surface area contributed by atoms with E-state index in [1.807, 2.05) is 50.2 Å². The molecule has 1 aliphatic rings. The zero-order valence-corrected chi connectivity index (χ0v) is 20.7. The number of ether oxygens (including phenoxy) is 2. The summed E-state index contributed by atoms with van der Waals surface area (Å²) in [7, 11) is 3.89. The second kappa shape index (κ2) is 10.9. The van der Waals surface area contributed by atoms with Gasteiger partial charge < -0.3 is 24.8 Å². The van der Waals surface area contributed by atoms with E-state index in [0.29, 0.717) is 5.82 Å². The van der Waals surface area contributed by atoms with E-state index in [2.05, 4.69) is 25.7 Å². The molecule has 3 N–H and O–H groups in total. The number of carbonyl (C=O) groups is 2. The number of aromatic nitrogens is 2. The fraction of sp³-hybridized carbons (Fsp3) is 0.375. The van der Waals surface area contributed by atoms with Gasteiger partial charge in [-0.3, -0.25) is 5.10 Å². The zero-order valence-electron chi connectivity index (χ0n) is 20.7. The van der Waals surface area contributed by atoms with Crippen LogP contribution in [0.4, 0.5) is 11.5 Å². The summed E-state index contributed by atoms with van der Waals surface area (Å²) in [6.45, 7) is 6.76. The molecule has 0 saturated heterocycles. The lowest BCUT2D eigenvalue weighted by Gasteiger charge is -2.27. The minimum absolute atomic E-state index is 0.0483. The van der Waals surface area contributed by atoms with Gasteiger partial charge >= 0.3 is 11.9 Å². The third kappa shape index (κ3) is 5.34. The van der Waals surface area contributed by atoms with Crippen molar-refractivity contribution in [2.45, 2.75) is 33.6 Å². The van der Waals surface area contributed by atoms with Crippen LogP contribution in [-0.2, 0) is 19.1 Å². The second-order valence-electron chi connectivity index (χ2n) is 7.99. The molecule has 3 rings (SSSR count). The highest BCUT2D eigenvalue weighted by Gasteiger charge is 2.38. The molecule has 2 aromatic rings. The van der Waals surface area contributed by atoms with E-state index in [0.717, 1.165) is 22.5 Å². The number of hydrogen-bond acceptors (Lipinski definition) is 10. The molecule has 1 aromatic carbocycles. The van der Waals surface area contributed by atoms with Gasteiger partial charge in [0.1, 0.15) is 5.76 Å². The van der Waals surface area contributed by atoms with Gasteiger partial charge in [0.15, 0.2) is 11.6 Å². The number of allylic oxidation sites excluding steroid dienone is 1. The molecule has 1 unspecified atom stereocenters. The van der Waals surface area contributed by atoms with E-state index in [1.54, 1.807) is 13.8 Å². The van der Waals surface area contributed by atoms with E-state index in [1.165, 1.54) is 6.92 Å². The quantitative estimate of drug-likeness (QED) is 0.222. The second-order valence-corrected chi connectivity index (χ2v) is 7.99. The third-order valence-corrected chi connectivity index (χ3v) is 5.36. The van der Waals surface area contributed by atoms with Crippen LogP contribution in [0.1, 0.15) is 43.5 Å². The maximum Gasteiger partial charge on any atom is 0.362 e. The average Bonchev–Trinajstić information content (AvgIpc) is 3.18. The Kier molecular flexibility index (Phi) is 7.90. The number of hydrogen-bond donors (Lipinski definition) is 3. The largest absolute Gasteiger partial charge is 0.510 e. The van der Waals surface area contributed by atoms with Gasteiger partial charge in [-0.25, -0.2) is 9.59 Å². The lowest BCUT2D eigenvalue weighted by molar-refractivity contribution is -0.139. The number of anilines is 2. The van der Waals surface area contributed by atoms with Crippen LogP contribution >= 0.6 is 0 Å². The Morgan fingerprint density at radius 2 is 1.80 bits per heavy atom. The Bertz CT molecular complexity index is 1190. The fourth-order valence-corrected chi connectivity index (χ4v) is 3.71. The number of aliphatic hydroxyl groups is 1. The first kappa shape index (κ1) is 25.5. The number of esters is 2. The molecule has 11 heteroatoms. The van der Waals surface area contributed by atoms with Crippen LogP contribution in [0.25, 0.3) is 0 Å². The van der Waals surface area contributed by atoms with Crippen molar-refractivity contribution in [1.82, 2.24) is 10.2 Å². The summed E-state index contributed by atoms with van der Waals surface area (Å²) in [4.78, 5) is 27.4. The summed E-state index contributed by atoms with van der Waals surface area (Å²) >= 11 is 0. The number of rotatable bonds is 8. The maximum atomic E-state index is 13.2. The summed E-state index contributed by atoms with van der Waals surface area (Å²) < 4.78 is 10.3. The Hall–Kier alpha value is -4.15. The van der Waals surface area contributed by atoms with E-state index < -0.39 is 17.9 Å². The molecule has 35 heavy (non-hydrogen) atoms. The summed E-state index contributed by atoms with van der Waals surface area (Å²) in [5.74, 6) is -1.85. The monoisotopic (exact) mass is 482 g/mol. The number of benzene rings is 1. The van der Waals surface area contributed by atoms with Gasteiger partial charge in [-0.1, -0.05) is 12.1 Å². The number of H-pyrrole nitrogens is 1. The molecule has 1 aromatic heterocycles. The van der Waals surface area contributed by atoms with Gasteiger partial charge in [0.05, 0.1) is 24.7 Å². The van der Waals surface area contributed by atoms with Gasteiger partial charge in [0.2, 0.25) is 5.70 Å². The predicted molar refractivity (Wildman–Crippen MR) is 130 cm³/mol. The molecule has 0 spiro atoms. The van der Waals surface area contributed by atoms with Crippen molar-refractivity contribution in [1.29, 1.82) is 0 Å². The van der Waals surface area contributed by atoms with Crippen molar-refractivity contribution in [3.05, 3.63) is 63.9 Å². The van der Waals surface area contributed by atoms with Crippen LogP contribution in [0.15, 0.2) is 57.3 Å². The van der Waals surface area contributed by atoms with Crippen molar-refractivity contribution in [2.75, 3.05) is 37.5 Å². The molecule has 0 bridgehead atoms. The van der Waals surface area contributed by atoms with Crippen molar-refractivity contribution < 1.29 is 24.2 Å². The van der Waals surface area contributed by atoms with E-state index in [-0.39, 0.29) is 36.1 Å². The number of aromatic amines is 1. The fourth-order valence-electron chi connectivity index (χ4n) is 3.71. The molecular weight excluding hydrogens is 452 g/mol. The minimum Gasteiger partial charge on any atom is -0.510 e. The van der Waals surface area contributed by atoms with Crippen LogP contribution in [0, 0.1) is 6.92 Å².